The Kier molecular flexibility index (Phi) is 5.91. The van der Waals surface area contributed by atoms with Gasteiger partial charge in [-0.1, -0.05) is 25.1 Å². The van der Waals surface area contributed by atoms with Crippen molar-refractivity contribution >= 4 is 5.91 Å². The highest BCUT2D eigenvalue weighted by molar-refractivity contribution is 5.94. The fourth-order valence-electron chi connectivity index (χ4n) is 1.88. The highest BCUT2D eigenvalue weighted by atomic mass is 16.5. The van der Waals surface area contributed by atoms with Gasteiger partial charge in [0.1, 0.15) is 0 Å². The molecule has 0 bridgehead atoms. The van der Waals surface area contributed by atoms with Gasteiger partial charge < -0.3 is 15.8 Å². The number of aromatic nitrogens is 1. The van der Waals surface area contributed by atoms with Crippen molar-refractivity contribution in [2.75, 3.05) is 6.61 Å². The van der Waals surface area contributed by atoms with Crippen molar-refractivity contribution in [3.8, 4) is 5.88 Å². The normalized spacial score (nSPS) is 10.3. The van der Waals surface area contributed by atoms with Crippen LogP contribution in [0, 0.1) is 0 Å². The molecule has 0 unspecified atom stereocenters. The van der Waals surface area contributed by atoms with Crippen LogP contribution >= 0.6 is 0 Å². The first kappa shape index (κ1) is 16.0. The number of nitrogens with two attached hydrogens (primary N) is 1. The predicted molar refractivity (Wildman–Crippen MR) is 85.5 cm³/mol. The first-order valence-electron chi connectivity index (χ1n) is 7.38. The molecule has 22 heavy (non-hydrogen) atoms. The fourth-order valence-corrected chi connectivity index (χ4v) is 1.88. The van der Waals surface area contributed by atoms with Gasteiger partial charge in [0, 0.05) is 30.9 Å². The summed E-state index contributed by atoms with van der Waals surface area (Å²) < 4.78 is 5.42. The number of ether oxygens (including phenoxy) is 1. The molecule has 1 heterocycles. The first-order chi connectivity index (χ1) is 10.7. The van der Waals surface area contributed by atoms with Crippen LogP contribution in [-0.4, -0.2) is 17.5 Å². The molecule has 0 saturated heterocycles. The van der Waals surface area contributed by atoms with E-state index >= 15 is 0 Å². The minimum atomic E-state index is -0.116. The van der Waals surface area contributed by atoms with Gasteiger partial charge in [0.05, 0.1) is 6.61 Å². The second-order valence-corrected chi connectivity index (χ2v) is 4.94. The number of carbonyl (C=O) groups is 1. The lowest BCUT2D eigenvalue weighted by atomic mass is 10.1. The topological polar surface area (TPSA) is 77.2 Å². The Morgan fingerprint density at radius 3 is 2.50 bits per heavy atom. The summed E-state index contributed by atoms with van der Waals surface area (Å²) in [5.74, 6) is 0.490. The Bertz CT molecular complexity index is 594. The average molecular weight is 299 g/mol. The average Bonchev–Trinajstić information content (AvgIpc) is 2.58. The maximum atomic E-state index is 12.0. The summed E-state index contributed by atoms with van der Waals surface area (Å²) in [6.07, 6.45) is 2.66. The molecule has 0 radical (unpaired) electrons. The summed E-state index contributed by atoms with van der Waals surface area (Å²) in [6, 6.07) is 11.0. The van der Waals surface area contributed by atoms with Crippen LogP contribution < -0.4 is 15.8 Å². The van der Waals surface area contributed by atoms with E-state index in [0.717, 1.165) is 17.5 Å². The molecule has 0 spiro atoms. The van der Waals surface area contributed by atoms with E-state index in [2.05, 4.69) is 10.3 Å². The Hall–Kier alpha value is -2.40. The minimum absolute atomic E-state index is 0.116. The standard InChI is InChI=1S/C17H21N3O2/c1-2-9-22-16-8-5-14(11-19-16)12-20-17(21)15-6-3-13(10-18)4-7-15/h3-8,11H,2,9-10,12,18H2,1H3,(H,20,21). The lowest BCUT2D eigenvalue weighted by Gasteiger charge is -2.07. The Morgan fingerprint density at radius 2 is 1.91 bits per heavy atom. The van der Waals surface area contributed by atoms with Crippen molar-refractivity contribution in [1.82, 2.24) is 10.3 Å². The fraction of sp³-hybridized carbons (Fsp3) is 0.294. The van der Waals surface area contributed by atoms with Crippen LogP contribution in [-0.2, 0) is 13.1 Å². The Labute approximate surface area is 130 Å². The molecule has 1 amide bonds. The molecular formula is C17H21N3O2. The van der Waals surface area contributed by atoms with Gasteiger partial charge in [-0.25, -0.2) is 4.98 Å². The van der Waals surface area contributed by atoms with E-state index in [1.807, 2.05) is 31.2 Å². The third kappa shape index (κ3) is 4.56. The summed E-state index contributed by atoms with van der Waals surface area (Å²) in [6.45, 7) is 3.60. The summed E-state index contributed by atoms with van der Waals surface area (Å²) in [5.41, 5.74) is 8.08. The molecule has 2 rings (SSSR count). The van der Waals surface area contributed by atoms with Crippen molar-refractivity contribution in [3.05, 3.63) is 59.3 Å². The monoisotopic (exact) mass is 299 g/mol. The van der Waals surface area contributed by atoms with E-state index in [-0.39, 0.29) is 5.91 Å². The van der Waals surface area contributed by atoms with Crippen molar-refractivity contribution < 1.29 is 9.53 Å². The predicted octanol–water partition coefficient (Wildman–Crippen LogP) is 2.26. The minimum Gasteiger partial charge on any atom is -0.478 e. The second kappa shape index (κ2) is 8.14. The van der Waals surface area contributed by atoms with Gasteiger partial charge in [-0.2, -0.15) is 0 Å². The molecule has 3 N–H and O–H groups in total. The van der Waals surface area contributed by atoms with Crippen LogP contribution in [0.4, 0.5) is 0 Å². The molecule has 0 fully saturated rings. The summed E-state index contributed by atoms with van der Waals surface area (Å²) in [5, 5.41) is 2.86. The van der Waals surface area contributed by atoms with E-state index < -0.39 is 0 Å². The number of nitrogens with zero attached hydrogens (tertiary/aromatic N) is 1. The molecule has 0 atom stereocenters. The molecule has 0 aliphatic heterocycles. The molecule has 1 aromatic carbocycles. The number of amides is 1. The number of nitrogens with one attached hydrogen (secondary N) is 1. The van der Waals surface area contributed by atoms with E-state index in [1.165, 1.54) is 0 Å². The smallest absolute Gasteiger partial charge is 0.251 e. The van der Waals surface area contributed by atoms with Crippen LogP contribution in [0.5, 0.6) is 5.88 Å². The molecule has 5 heteroatoms. The molecule has 5 nitrogen and oxygen atoms in total. The third-order valence-electron chi connectivity index (χ3n) is 3.16. The number of carbonyl (C=O) groups excluding carboxylic acids is 1. The van der Waals surface area contributed by atoms with Crippen LogP contribution in [0.2, 0.25) is 0 Å². The largest absolute Gasteiger partial charge is 0.478 e. The van der Waals surface area contributed by atoms with Crippen molar-refractivity contribution in [1.29, 1.82) is 0 Å². The number of benzene rings is 1. The van der Waals surface area contributed by atoms with E-state index in [4.69, 9.17) is 10.5 Å². The summed E-state index contributed by atoms with van der Waals surface area (Å²) in [7, 11) is 0. The van der Waals surface area contributed by atoms with E-state index in [9.17, 15) is 4.79 Å². The van der Waals surface area contributed by atoms with Gasteiger partial charge in [-0.05, 0) is 29.7 Å². The van der Waals surface area contributed by atoms with Gasteiger partial charge in [-0.15, -0.1) is 0 Å². The van der Waals surface area contributed by atoms with Gasteiger partial charge in [0.2, 0.25) is 5.88 Å². The molecule has 2 aromatic rings. The molecular weight excluding hydrogens is 278 g/mol. The lowest BCUT2D eigenvalue weighted by molar-refractivity contribution is 0.0951. The molecule has 1 aromatic heterocycles. The van der Waals surface area contributed by atoms with E-state index in [0.29, 0.717) is 31.1 Å². The van der Waals surface area contributed by atoms with Gasteiger partial charge >= 0.3 is 0 Å². The highest BCUT2D eigenvalue weighted by Crippen LogP contribution is 2.08. The number of hydrogen-bond acceptors (Lipinski definition) is 4. The zero-order chi connectivity index (χ0) is 15.8. The Morgan fingerprint density at radius 1 is 1.18 bits per heavy atom. The van der Waals surface area contributed by atoms with Gasteiger partial charge in [0.15, 0.2) is 0 Å². The second-order valence-electron chi connectivity index (χ2n) is 4.94. The Balaban J connectivity index is 1.87. The number of rotatable bonds is 7. The van der Waals surface area contributed by atoms with E-state index in [1.54, 1.807) is 18.3 Å². The summed E-state index contributed by atoms with van der Waals surface area (Å²) in [4.78, 5) is 16.2. The van der Waals surface area contributed by atoms with Crippen LogP contribution in [0.25, 0.3) is 0 Å². The van der Waals surface area contributed by atoms with Crippen LogP contribution in [0.15, 0.2) is 42.6 Å². The zero-order valence-corrected chi connectivity index (χ0v) is 12.7. The number of pyridine rings is 1. The van der Waals surface area contributed by atoms with Crippen molar-refractivity contribution in [3.63, 3.8) is 0 Å². The zero-order valence-electron chi connectivity index (χ0n) is 12.7. The van der Waals surface area contributed by atoms with Crippen LogP contribution in [0.1, 0.15) is 34.8 Å². The molecule has 0 aliphatic carbocycles. The third-order valence-corrected chi connectivity index (χ3v) is 3.16. The molecule has 116 valence electrons. The van der Waals surface area contributed by atoms with Gasteiger partial charge in [-0.3, -0.25) is 4.79 Å². The molecule has 0 aliphatic rings. The van der Waals surface area contributed by atoms with Gasteiger partial charge in [0.25, 0.3) is 5.91 Å². The highest BCUT2D eigenvalue weighted by Gasteiger charge is 2.05. The van der Waals surface area contributed by atoms with Crippen molar-refractivity contribution in [2.24, 2.45) is 5.73 Å². The summed E-state index contributed by atoms with van der Waals surface area (Å²) >= 11 is 0. The van der Waals surface area contributed by atoms with Crippen molar-refractivity contribution in [2.45, 2.75) is 26.4 Å². The number of hydrogen-bond donors (Lipinski definition) is 2. The SMILES string of the molecule is CCCOc1ccc(CNC(=O)c2ccc(CN)cc2)cn1. The maximum Gasteiger partial charge on any atom is 0.251 e. The quantitative estimate of drug-likeness (QED) is 0.822. The lowest BCUT2D eigenvalue weighted by Crippen LogP contribution is -2.22. The van der Waals surface area contributed by atoms with Crippen LogP contribution in [0.3, 0.4) is 0 Å². The molecule has 0 saturated carbocycles. The maximum absolute atomic E-state index is 12.0. The first-order valence-corrected chi connectivity index (χ1v) is 7.38.